The van der Waals surface area contributed by atoms with Crippen molar-refractivity contribution in [1.29, 1.82) is 0 Å². The molecule has 0 bridgehead atoms. The molecule has 0 aliphatic heterocycles. The van der Waals surface area contributed by atoms with E-state index in [2.05, 4.69) is 35.2 Å². The van der Waals surface area contributed by atoms with Crippen molar-refractivity contribution < 1.29 is 17.8 Å². The predicted molar refractivity (Wildman–Crippen MR) is 114 cm³/mol. The fourth-order valence-electron chi connectivity index (χ4n) is 3.46. The van der Waals surface area contributed by atoms with E-state index < -0.39 is 8.80 Å². The maximum Gasteiger partial charge on any atom is 0.500 e. The zero-order chi connectivity index (χ0) is 19.6. The molecule has 0 N–H and O–H groups in total. The summed E-state index contributed by atoms with van der Waals surface area (Å²) in [6.45, 7) is 9.25. The van der Waals surface area contributed by atoms with Crippen LogP contribution < -0.4 is 4.57 Å². The molecule has 27 heavy (non-hydrogen) atoms. The van der Waals surface area contributed by atoms with Crippen LogP contribution in [-0.4, -0.2) is 28.6 Å². The summed E-state index contributed by atoms with van der Waals surface area (Å²) in [7, 11) is -2.42. The third-order valence-electron chi connectivity index (χ3n) is 4.77. The Kier molecular flexibility index (Phi) is 14.6. The molecule has 156 valence electrons. The van der Waals surface area contributed by atoms with Gasteiger partial charge in [0.2, 0.25) is 0 Å². The van der Waals surface area contributed by atoms with E-state index in [0.717, 1.165) is 19.0 Å². The Morgan fingerprint density at radius 2 is 1.04 bits per heavy atom. The van der Waals surface area contributed by atoms with E-state index in [4.69, 9.17) is 13.3 Å². The summed E-state index contributed by atoms with van der Waals surface area (Å²) in [5.74, 6) is 0. The lowest BCUT2D eigenvalue weighted by Crippen LogP contribution is -2.45. The SMILES string of the molecule is CCO[Si](CCCCCCCCCCC[n+]1ccccc1)(OCC)OCC. The summed E-state index contributed by atoms with van der Waals surface area (Å²) in [5, 5.41) is 0. The van der Waals surface area contributed by atoms with Crippen LogP contribution in [0.2, 0.25) is 6.04 Å². The molecule has 0 aliphatic carbocycles. The molecule has 0 fully saturated rings. The van der Waals surface area contributed by atoms with Crippen LogP contribution in [0, 0.1) is 0 Å². The molecule has 0 radical (unpaired) electrons. The van der Waals surface area contributed by atoms with Crippen LogP contribution >= 0.6 is 0 Å². The highest BCUT2D eigenvalue weighted by Gasteiger charge is 2.39. The zero-order valence-corrected chi connectivity index (χ0v) is 19.0. The standard InChI is InChI=1S/C22H42NO3Si/c1-4-24-27(25-5-2,26-6-3)22-18-13-11-9-7-8-10-12-15-19-23-20-16-14-17-21-23/h14,16-17,20-21H,4-13,15,18-19,22H2,1-3H3/q+1. The van der Waals surface area contributed by atoms with Crippen molar-refractivity contribution in [2.75, 3.05) is 19.8 Å². The number of hydrogen-bond acceptors (Lipinski definition) is 3. The van der Waals surface area contributed by atoms with Gasteiger partial charge in [0, 0.05) is 44.4 Å². The van der Waals surface area contributed by atoms with Crippen molar-refractivity contribution in [3.8, 4) is 0 Å². The summed E-state index contributed by atoms with van der Waals surface area (Å²) in [6.07, 6.45) is 16.1. The van der Waals surface area contributed by atoms with E-state index in [-0.39, 0.29) is 0 Å². The Labute approximate surface area is 168 Å². The molecular weight excluding hydrogens is 354 g/mol. The lowest BCUT2D eigenvalue weighted by atomic mass is 10.1. The fraction of sp³-hybridized carbons (Fsp3) is 0.773. The van der Waals surface area contributed by atoms with Gasteiger partial charge >= 0.3 is 8.80 Å². The maximum atomic E-state index is 5.92. The first kappa shape index (κ1) is 24.3. The number of unbranched alkanes of at least 4 members (excludes halogenated alkanes) is 8. The van der Waals surface area contributed by atoms with Gasteiger partial charge in [-0.2, -0.15) is 0 Å². The highest BCUT2D eigenvalue weighted by Crippen LogP contribution is 2.20. The normalized spacial score (nSPS) is 11.8. The van der Waals surface area contributed by atoms with Gasteiger partial charge in [-0.05, 0) is 33.6 Å². The number of pyridine rings is 1. The van der Waals surface area contributed by atoms with Crippen LogP contribution in [0.15, 0.2) is 30.6 Å². The van der Waals surface area contributed by atoms with Crippen LogP contribution in [0.5, 0.6) is 0 Å². The van der Waals surface area contributed by atoms with Gasteiger partial charge in [0.25, 0.3) is 0 Å². The van der Waals surface area contributed by atoms with E-state index in [1.54, 1.807) is 0 Å². The second-order valence-corrected chi connectivity index (χ2v) is 9.76. The van der Waals surface area contributed by atoms with Crippen LogP contribution in [-0.2, 0) is 19.8 Å². The molecular formula is C22H42NO3Si+. The van der Waals surface area contributed by atoms with Gasteiger partial charge in [-0.25, -0.2) is 4.57 Å². The first-order valence-electron chi connectivity index (χ1n) is 11.1. The molecule has 1 rings (SSSR count). The second kappa shape index (κ2) is 16.2. The fourth-order valence-corrected chi connectivity index (χ4v) is 6.14. The van der Waals surface area contributed by atoms with Gasteiger partial charge in [-0.15, -0.1) is 0 Å². The van der Waals surface area contributed by atoms with E-state index in [9.17, 15) is 0 Å². The van der Waals surface area contributed by atoms with Gasteiger partial charge in [-0.3, -0.25) is 0 Å². The highest BCUT2D eigenvalue weighted by atomic mass is 28.4. The molecule has 1 aromatic rings. The Hall–Kier alpha value is -0.753. The molecule has 0 aliphatic rings. The average Bonchev–Trinajstić information content (AvgIpc) is 2.67. The Morgan fingerprint density at radius 3 is 1.52 bits per heavy atom. The number of rotatable bonds is 18. The third-order valence-corrected chi connectivity index (χ3v) is 7.92. The lowest BCUT2D eigenvalue weighted by molar-refractivity contribution is -0.697. The molecule has 4 nitrogen and oxygen atoms in total. The van der Waals surface area contributed by atoms with Crippen molar-refractivity contribution in [2.24, 2.45) is 0 Å². The molecule has 0 atom stereocenters. The Balaban J connectivity index is 1.99. The summed E-state index contributed by atoms with van der Waals surface area (Å²) < 4.78 is 20.0. The molecule has 1 heterocycles. The molecule has 0 aromatic carbocycles. The minimum Gasteiger partial charge on any atom is -0.374 e. The zero-order valence-electron chi connectivity index (χ0n) is 18.0. The lowest BCUT2D eigenvalue weighted by Gasteiger charge is -2.28. The number of aromatic nitrogens is 1. The van der Waals surface area contributed by atoms with E-state index in [1.807, 2.05) is 20.8 Å². The second-order valence-electron chi connectivity index (χ2n) is 7.03. The maximum absolute atomic E-state index is 5.92. The molecule has 0 amide bonds. The van der Waals surface area contributed by atoms with Crippen LogP contribution in [0.1, 0.15) is 78.6 Å². The number of nitrogens with zero attached hydrogens (tertiary/aromatic N) is 1. The van der Waals surface area contributed by atoms with Crippen LogP contribution in [0.25, 0.3) is 0 Å². The molecule has 1 aromatic heterocycles. The first-order valence-corrected chi connectivity index (χ1v) is 13.1. The van der Waals surface area contributed by atoms with Gasteiger partial charge in [-0.1, -0.05) is 44.6 Å². The smallest absolute Gasteiger partial charge is 0.374 e. The largest absolute Gasteiger partial charge is 0.500 e. The molecule has 5 heteroatoms. The van der Waals surface area contributed by atoms with E-state index in [1.165, 1.54) is 51.4 Å². The summed E-state index contributed by atoms with van der Waals surface area (Å²) in [5.41, 5.74) is 0. The number of aryl methyl sites for hydroxylation is 1. The van der Waals surface area contributed by atoms with Gasteiger partial charge in [0.1, 0.15) is 6.54 Å². The van der Waals surface area contributed by atoms with Crippen molar-refractivity contribution >= 4 is 8.80 Å². The predicted octanol–water partition coefficient (Wildman–Crippen LogP) is 5.53. The average molecular weight is 397 g/mol. The quantitative estimate of drug-likeness (QED) is 0.186. The minimum atomic E-state index is -2.42. The first-order chi connectivity index (χ1) is 13.3. The van der Waals surface area contributed by atoms with Crippen molar-refractivity contribution in [1.82, 2.24) is 0 Å². The van der Waals surface area contributed by atoms with Crippen LogP contribution in [0.4, 0.5) is 0 Å². The Bertz CT molecular complexity index is 427. The highest BCUT2D eigenvalue weighted by molar-refractivity contribution is 6.60. The van der Waals surface area contributed by atoms with E-state index >= 15 is 0 Å². The van der Waals surface area contributed by atoms with Crippen LogP contribution in [0.3, 0.4) is 0 Å². The van der Waals surface area contributed by atoms with Crippen molar-refractivity contribution in [3.05, 3.63) is 30.6 Å². The number of hydrogen-bond donors (Lipinski definition) is 0. The van der Waals surface area contributed by atoms with Gasteiger partial charge in [0.05, 0.1) is 0 Å². The molecule has 0 saturated heterocycles. The van der Waals surface area contributed by atoms with Gasteiger partial charge < -0.3 is 13.3 Å². The molecule has 0 saturated carbocycles. The summed E-state index contributed by atoms with van der Waals surface area (Å²) in [6, 6.07) is 7.23. The summed E-state index contributed by atoms with van der Waals surface area (Å²) in [4.78, 5) is 0. The summed E-state index contributed by atoms with van der Waals surface area (Å²) >= 11 is 0. The molecule has 0 unspecified atom stereocenters. The third kappa shape index (κ3) is 11.6. The Morgan fingerprint density at radius 1 is 0.593 bits per heavy atom. The topological polar surface area (TPSA) is 31.6 Å². The molecule has 0 spiro atoms. The van der Waals surface area contributed by atoms with Gasteiger partial charge in [0.15, 0.2) is 12.4 Å². The van der Waals surface area contributed by atoms with Crippen molar-refractivity contribution in [2.45, 2.75) is 91.1 Å². The minimum absolute atomic E-state index is 0.676. The van der Waals surface area contributed by atoms with Crippen molar-refractivity contribution in [3.63, 3.8) is 0 Å². The monoisotopic (exact) mass is 396 g/mol. The van der Waals surface area contributed by atoms with E-state index in [0.29, 0.717) is 19.8 Å².